The Kier molecular flexibility index (Phi) is 5.77. The van der Waals surface area contributed by atoms with Crippen LogP contribution in [-0.2, 0) is 11.3 Å². The van der Waals surface area contributed by atoms with Crippen LogP contribution in [-0.4, -0.2) is 48.9 Å². The first-order chi connectivity index (χ1) is 14.1. The van der Waals surface area contributed by atoms with Gasteiger partial charge in [0.15, 0.2) is 0 Å². The number of nitrogens with one attached hydrogen (secondary N) is 3. The monoisotopic (exact) mass is 415 g/mol. The summed E-state index contributed by atoms with van der Waals surface area (Å²) in [5.74, 6) is 1.04. The van der Waals surface area contributed by atoms with Gasteiger partial charge in [0.25, 0.3) is 0 Å². The summed E-state index contributed by atoms with van der Waals surface area (Å²) in [6, 6.07) is 9.22. The van der Waals surface area contributed by atoms with Gasteiger partial charge in [0, 0.05) is 11.1 Å². The van der Waals surface area contributed by atoms with E-state index < -0.39 is 0 Å². The third kappa shape index (κ3) is 4.57. The molecule has 1 saturated heterocycles. The first kappa shape index (κ1) is 19.4. The van der Waals surface area contributed by atoms with E-state index in [1.165, 1.54) is 0 Å². The molecule has 29 heavy (non-hydrogen) atoms. The molecular weight excluding hydrogens is 394 g/mol. The second kappa shape index (κ2) is 8.62. The van der Waals surface area contributed by atoms with Gasteiger partial charge in [-0.25, -0.2) is 14.6 Å². The molecule has 3 heterocycles. The van der Waals surface area contributed by atoms with Gasteiger partial charge in [0.05, 0.1) is 25.3 Å². The van der Waals surface area contributed by atoms with Crippen molar-refractivity contribution in [2.24, 2.45) is 0 Å². The second-order valence-corrected chi connectivity index (χ2v) is 7.47. The van der Waals surface area contributed by atoms with Gasteiger partial charge in [0.2, 0.25) is 5.91 Å². The Morgan fingerprint density at radius 3 is 2.93 bits per heavy atom. The highest BCUT2D eigenvalue weighted by Crippen LogP contribution is 2.27. The largest absolute Gasteiger partial charge is 0.340 e. The Hall–Kier alpha value is -2.91. The summed E-state index contributed by atoms with van der Waals surface area (Å²) in [6.07, 6.45) is 4.52. The minimum atomic E-state index is -0.335. The highest BCUT2D eigenvalue weighted by molar-refractivity contribution is 6.31. The molecule has 1 atom stereocenters. The maximum Gasteiger partial charge on any atom is 0.340 e. The van der Waals surface area contributed by atoms with Gasteiger partial charge in [-0.3, -0.25) is 14.7 Å². The average molecular weight is 416 g/mol. The van der Waals surface area contributed by atoms with Crippen LogP contribution in [0.4, 0.5) is 5.82 Å². The maximum absolute atomic E-state index is 12.7. The van der Waals surface area contributed by atoms with Crippen LogP contribution in [0.1, 0.15) is 36.7 Å². The molecule has 3 aromatic rings. The number of benzene rings is 1. The molecule has 1 aromatic carbocycles. The van der Waals surface area contributed by atoms with Crippen LogP contribution in [0.5, 0.6) is 0 Å². The molecule has 2 aromatic heterocycles. The van der Waals surface area contributed by atoms with Gasteiger partial charge in [-0.2, -0.15) is 10.2 Å². The van der Waals surface area contributed by atoms with Gasteiger partial charge >= 0.3 is 5.69 Å². The number of aromatic nitrogens is 5. The van der Waals surface area contributed by atoms with Crippen molar-refractivity contribution in [2.75, 3.05) is 18.4 Å². The van der Waals surface area contributed by atoms with Crippen LogP contribution in [0.15, 0.2) is 41.3 Å². The number of likely N-dealkylation sites (tertiary alicyclic amines) is 1. The molecule has 4 rings (SSSR count). The summed E-state index contributed by atoms with van der Waals surface area (Å²) in [7, 11) is 0. The molecular formula is C19H22ClN7O2. The number of hydrogen-bond acceptors (Lipinski definition) is 5. The van der Waals surface area contributed by atoms with Crippen molar-refractivity contribution in [3.63, 3.8) is 0 Å². The Bertz CT molecular complexity index is 1040. The number of carbonyl (C=O) groups is 1. The SMILES string of the molecule is O=C(CN1CCCCC1c1n[nH]c(=O)[nH]1)Nc1ccnn1Cc1ccccc1Cl. The average Bonchev–Trinajstić information content (AvgIpc) is 3.33. The summed E-state index contributed by atoms with van der Waals surface area (Å²) in [5.41, 5.74) is 0.588. The molecule has 10 heteroatoms. The predicted molar refractivity (Wildman–Crippen MR) is 109 cm³/mol. The third-order valence-electron chi connectivity index (χ3n) is 5.06. The number of halogens is 1. The van der Waals surface area contributed by atoms with Crippen molar-refractivity contribution in [3.8, 4) is 0 Å². The van der Waals surface area contributed by atoms with E-state index in [-0.39, 0.29) is 24.2 Å². The lowest BCUT2D eigenvalue weighted by molar-refractivity contribution is -0.118. The number of nitrogens with zero attached hydrogens (tertiary/aromatic N) is 4. The van der Waals surface area contributed by atoms with E-state index in [1.54, 1.807) is 16.9 Å². The minimum absolute atomic E-state index is 0.0820. The molecule has 0 radical (unpaired) electrons. The zero-order valence-electron chi connectivity index (χ0n) is 15.8. The normalized spacial score (nSPS) is 17.3. The van der Waals surface area contributed by atoms with Gasteiger partial charge < -0.3 is 5.32 Å². The topological polar surface area (TPSA) is 112 Å². The first-order valence-corrected chi connectivity index (χ1v) is 9.91. The predicted octanol–water partition coefficient (Wildman–Crippen LogP) is 2.16. The Labute approximate surface area is 172 Å². The summed E-state index contributed by atoms with van der Waals surface area (Å²) in [6.45, 7) is 1.44. The van der Waals surface area contributed by atoms with E-state index in [2.05, 4.69) is 25.6 Å². The highest BCUT2D eigenvalue weighted by atomic mass is 35.5. The van der Waals surface area contributed by atoms with Gasteiger partial charge in [-0.05, 0) is 31.0 Å². The van der Waals surface area contributed by atoms with Crippen molar-refractivity contribution in [2.45, 2.75) is 31.8 Å². The van der Waals surface area contributed by atoms with Gasteiger partial charge in [0.1, 0.15) is 11.6 Å². The van der Waals surface area contributed by atoms with Crippen LogP contribution >= 0.6 is 11.6 Å². The van der Waals surface area contributed by atoms with Crippen molar-refractivity contribution < 1.29 is 4.79 Å². The third-order valence-corrected chi connectivity index (χ3v) is 5.43. The lowest BCUT2D eigenvalue weighted by atomic mass is 10.0. The van der Waals surface area contributed by atoms with Crippen molar-refractivity contribution in [1.82, 2.24) is 29.9 Å². The standard InChI is InChI=1S/C19H22ClN7O2/c20-14-6-2-1-5-13(14)11-27-16(8-9-21-27)22-17(28)12-26-10-4-3-7-15(26)18-23-19(29)25-24-18/h1-2,5-6,8-9,15H,3-4,7,10-12H2,(H,22,28)(H2,23,24,25,29). The molecule has 0 aliphatic carbocycles. The van der Waals surface area contributed by atoms with Gasteiger partial charge in [-0.1, -0.05) is 36.2 Å². The quantitative estimate of drug-likeness (QED) is 0.571. The first-order valence-electron chi connectivity index (χ1n) is 9.54. The molecule has 152 valence electrons. The highest BCUT2D eigenvalue weighted by Gasteiger charge is 2.28. The number of H-pyrrole nitrogens is 2. The number of amides is 1. The lowest BCUT2D eigenvalue weighted by Crippen LogP contribution is -2.40. The molecule has 1 amide bonds. The van der Waals surface area contributed by atoms with Gasteiger partial charge in [-0.15, -0.1) is 0 Å². The van der Waals surface area contributed by atoms with E-state index >= 15 is 0 Å². The number of hydrogen-bond donors (Lipinski definition) is 3. The number of rotatable bonds is 6. The van der Waals surface area contributed by atoms with Crippen LogP contribution < -0.4 is 11.0 Å². The van der Waals surface area contributed by atoms with E-state index in [0.717, 1.165) is 31.4 Å². The summed E-state index contributed by atoms with van der Waals surface area (Å²) < 4.78 is 1.71. The number of anilines is 1. The molecule has 1 aliphatic rings. The zero-order valence-corrected chi connectivity index (χ0v) is 16.5. The number of carbonyl (C=O) groups excluding carboxylic acids is 1. The Morgan fingerprint density at radius 1 is 1.28 bits per heavy atom. The minimum Gasteiger partial charge on any atom is -0.310 e. The van der Waals surface area contributed by atoms with E-state index in [0.29, 0.717) is 23.2 Å². The summed E-state index contributed by atoms with van der Waals surface area (Å²) >= 11 is 6.24. The van der Waals surface area contributed by atoms with E-state index in [9.17, 15) is 9.59 Å². The van der Waals surface area contributed by atoms with Crippen LogP contribution in [0.2, 0.25) is 5.02 Å². The Balaban J connectivity index is 1.43. The molecule has 1 fully saturated rings. The smallest absolute Gasteiger partial charge is 0.310 e. The Morgan fingerprint density at radius 2 is 2.14 bits per heavy atom. The van der Waals surface area contributed by atoms with E-state index in [1.807, 2.05) is 29.2 Å². The van der Waals surface area contributed by atoms with Crippen LogP contribution in [0, 0.1) is 0 Å². The van der Waals surface area contributed by atoms with Crippen molar-refractivity contribution in [1.29, 1.82) is 0 Å². The number of piperidine rings is 1. The fraction of sp³-hybridized carbons (Fsp3) is 0.368. The summed E-state index contributed by atoms with van der Waals surface area (Å²) in [5, 5.41) is 14.3. The van der Waals surface area contributed by atoms with Crippen LogP contribution in [0.3, 0.4) is 0 Å². The maximum atomic E-state index is 12.7. The number of aromatic amines is 2. The zero-order chi connectivity index (χ0) is 20.2. The van der Waals surface area contributed by atoms with E-state index in [4.69, 9.17) is 11.6 Å². The molecule has 0 saturated carbocycles. The van der Waals surface area contributed by atoms with Crippen molar-refractivity contribution >= 4 is 23.3 Å². The molecule has 3 N–H and O–H groups in total. The van der Waals surface area contributed by atoms with Crippen molar-refractivity contribution in [3.05, 3.63) is 63.4 Å². The molecule has 1 aliphatic heterocycles. The lowest BCUT2D eigenvalue weighted by Gasteiger charge is -2.33. The molecule has 0 spiro atoms. The molecule has 9 nitrogen and oxygen atoms in total. The summed E-state index contributed by atoms with van der Waals surface area (Å²) in [4.78, 5) is 28.9. The molecule has 0 bridgehead atoms. The van der Waals surface area contributed by atoms with Crippen LogP contribution in [0.25, 0.3) is 0 Å². The fourth-order valence-corrected chi connectivity index (χ4v) is 3.85. The second-order valence-electron chi connectivity index (χ2n) is 7.06. The fourth-order valence-electron chi connectivity index (χ4n) is 3.65. The molecule has 1 unspecified atom stereocenters.